The molecule has 0 aliphatic carbocycles. The normalized spacial score (nSPS) is 10.4. The van der Waals surface area contributed by atoms with Gasteiger partial charge in [0.05, 0.1) is 13.2 Å². The van der Waals surface area contributed by atoms with Crippen molar-refractivity contribution >= 4 is 5.97 Å². The standard InChI is InChI=1S/C16H25NO3/c1-2-19-16(18)12-8-3-4-9-13-17-20-14-15-10-6-5-7-11-15/h5-7,10-11,17H,2-4,8-9,12-14H2,1H3. The first kappa shape index (κ1) is 16.7. The van der Waals surface area contributed by atoms with Gasteiger partial charge in [-0.1, -0.05) is 43.2 Å². The lowest BCUT2D eigenvalue weighted by molar-refractivity contribution is -0.143. The minimum absolute atomic E-state index is 0.0863. The second-order valence-corrected chi connectivity index (χ2v) is 4.64. The van der Waals surface area contributed by atoms with Crippen LogP contribution in [-0.4, -0.2) is 19.1 Å². The molecule has 1 aromatic rings. The van der Waals surface area contributed by atoms with Crippen LogP contribution >= 0.6 is 0 Å². The van der Waals surface area contributed by atoms with Gasteiger partial charge in [-0.3, -0.25) is 9.63 Å². The molecule has 0 spiro atoms. The van der Waals surface area contributed by atoms with Gasteiger partial charge >= 0.3 is 5.97 Å². The molecular formula is C16H25NO3. The molecule has 4 nitrogen and oxygen atoms in total. The van der Waals surface area contributed by atoms with Gasteiger partial charge in [-0.2, -0.15) is 0 Å². The van der Waals surface area contributed by atoms with E-state index in [4.69, 9.17) is 9.57 Å². The molecule has 0 radical (unpaired) electrons. The van der Waals surface area contributed by atoms with Crippen LogP contribution in [0.5, 0.6) is 0 Å². The van der Waals surface area contributed by atoms with Crippen LogP contribution in [0.4, 0.5) is 0 Å². The number of carbonyl (C=O) groups excluding carboxylic acids is 1. The van der Waals surface area contributed by atoms with Crippen LogP contribution in [-0.2, 0) is 21.0 Å². The van der Waals surface area contributed by atoms with Gasteiger partial charge in [-0.15, -0.1) is 0 Å². The molecule has 4 heteroatoms. The van der Waals surface area contributed by atoms with Crippen LogP contribution in [0.15, 0.2) is 30.3 Å². The van der Waals surface area contributed by atoms with Gasteiger partial charge in [0.25, 0.3) is 0 Å². The van der Waals surface area contributed by atoms with E-state index < -0.39 is 0 Å². The Hall–Kier alpha value is -1.39. The molecule has 0 unspecified atom stereocenters. The van der Waals surface area contributed by atoms with Crippen molar-refractivity contribution < 1.29 is 14.4 Å². The maximum absolute atomic E-state index is 11.1. The third-order valence-corrected chi connectivity index (χ3v) is 2.90. The molecule has 0 heterocycles. The van der Waals surface area contributed by atoms with Crippen molar-refractivity contribution in [1.29, 1.82) is 0 Å². The van der Waals surface area contributed by atoms with Gasteiger partial charge < -0.3 is 4.74 Å². The summed E-state index contributed by atoms with van der Waals surface area (Å²) in [5, 5.41) is 0. The fourth-order valence-electron chi connectivity index (χ4n) is 1.83. The second-order valence-electron chi connectivity index (χ2n) is 4.64. The Bertz CT molecular complexity index is 354. The summed E-state index contributed by atoms with van der Waals surface area (Å²) in [7, 11) is 0. The molecule has 1 rings (SSSR count). The third-order valence-electron chi connectivity index (χ3n) is 2.90. The quantitative estimate of drug-likeness (QED) is 0.384. The van der Waals surface area contributed by atoms with E-state index in [1.807, 2.05) is 37.3 Å². The van der Waals surface area contributed by atoms with E-state index in [1.54, 1.807) is 0 Å². The van der Waals surface area contributed by atoms with Gasteiger partial charge in [0.15, 0.2) is 0 Å². The van der Waals surface area contributed by atoms with Crippen molar-refractivity contribution in [3.63, 3.8) is 0 Å². The Labute approximate surface area is 121 Å². The molecule has 1 aromatic carbocycles. The summed E-state index contributed by atoms with van der Waals surface area (Å²) in [5.74, 6) is -0.0863. The van der Waals surface area contributed by atoms with Gasteiger partial charge in [0.1, 0.15) is 0 Å². The zero-order chi connectivity index (χ0) is 14.5. The largest absolute Gasteiger partial charge is 0.466 e. The summed E-state index contributed by atoms with van der Waals surface area (Å²) in [5.41, 5.74) is 4.12. The number of hydrogen-bond acceptors (Lipinski definition) is 4. The van der Waals surface area contributed by atoms with E-state index in [2.05, 4.69) is 5.48 Å². The predicted molar refractivity (Wildman–Crippen MR) is 79.0 cm³/mol. The minimum atomic E-state index is -0.0863. The van der Waals surface area contributed by atoms with Crippen LogP contribution in [0.1, 0.15) is 44.6 Å². The van der Waals surface area contributed by atoms with Crippen molar-refractivity contribution in [1.82, 2.24) is 5.48 Å². The fourth-order valence-corrected chi connectivity index (χ4v) is 1.83. The summed E-state index contributed by atoms with van der Waals surface area (Å²) in [6.45, 7) is 3.73. The fraction of sp³-hybridized carbons (Fsp3) is 0.562. The Balaban J connectivity index is 1.84. The number of carbonyl (C=O) groups is 1. The number of nitrogens with one attached hydrogen (secondary N) is 1. The maximum atomic E-state index is 11.1. The second kappa shape index (κ2) is 11.4. The molecule has 20 heavy (non-hydrogen) atoms. The lowest BCUT2D eigenvalue weighted by Gasteiger charge is -2.06. The molecule has 0 amide bonds. The van der Waals surface area contributed by atoms with Gasteiger partial charge in [0, 0.05) is 13.0 Å². The molecule has 0 atom stereocenters. The highest BCUT2D eigenvalue weighted by molar-refractivity contribution is 5.69. The van der Waals surface area contributed by atoms with E-state index in [-0.39, 0.29) is 5.97 Å². The Kier molecular flexibility index (Phi) is 9.53. The molecule has 0 saturated carbocycles. The Morgan fingerprint density at radius 2 is 1.85 bits per heavy atom. The highest BCUT2D eigenvalue weighted by Gasteiger charge is 2.00. The average molecular weight is 279 g/mol. The molecule has 0 aromatic heterocycles. The number of rotatable bonds is 11. The number of esters is 1. The Morgan fingerprint density at radius 3 is 2.60 bits per heavy atom. The molecule has 0 fully saturated rings. The first-order valence-corrected chi connectivity index (χ1v) is 7.37. The molecular weight excluding hydrogens is 254 g/mol. The summed E-state index contributed by atoms with van der Waals surface area (Å²) < 4.78 is 4.87. The lowest BCUT2D eigenvalue weighted by Crippen LogP contribution is -2.15. The highest BCUT2D eigenvalue weighted by Crippen LogP contribution is 2.04. The number of ether oxygens (including phenoxy) is 1. The molecule has 0 bridgehead atoms. The highest BCUT2D eigenvalue weighted by atomic mass is 16.6. The van der Waals surface area contributed by atoms with Crippen LogP contribution in [0.25, 0.3) is 0 Å². The predicted octanol–water partition coefficient (Wildman–Crippen LogP) is 3.22. The molecule has 1 N–H and O–H groups in total. The number of hydroxylamine groups is 1. The van der Waals surface area contributed by atoms with Crippen LogP contribution in [0, 0.1) is 0 Å². The molecule has 0 saturated heterocycles. The molecule has 0 aliphatic heterocycles. The molecule has 0 aliphatic rings. The number of benzene rings is 1. The van der Waals surface area contributed by atoms with Crippen LogP contribution in [0.3, 0.4) is 0 Å². The topological polar surface area (TPSA) is 47.6 Å². The van der Waals surface area contributed by atoms with E-state index in [1.165, 1.54) is 0 Å². The van der Waals surface area contributed by atoms with Crippen molar-refractivity contribution in [2.24, 2.45) is 0 Å². The monoisotopic (exact) mass is 279 g/mol. The Morgan fingerprint density at radius 1 is 1.10 bits per heavy atom. The zero-order valence-corrected chi connectivity index (χ0v) is 12.3. The van der Waals surface area contributed by atoms with Crippen molar-refractivity contribution in [2.45, 2.75) is 45.6 Å². The van der Waals surface area contributed by atoms with Crippen molar-refractivity contribution in [2.75, 3.05) is 13.2 Å². The van der Waals surface area contributed by atoms with Crippen molar-refractivity contribution in [3.05, 3.63) is 35.9 Å². The summed E-state index contributed by atoms with van der Waals surface area (Å²) >= 11 is 0. The average Bonchev–Trinajstić information content (AvgIpc) is 2.47. The van der Waals surface area contributed by atoms with Crippen LogP contribution < -0.4 is 5.48 Å². The SMILES string of the molecule is CCOC(=O)CCCCCCNOCc1ccccc1. The first-order valence-electron chi connectivity index (χ1n) is 7.37. The first-order chi connectivity index (χ1) is 9.83. The zero-order valence-electron chi connectivity index (χ0n) is 12.3. The summed E-state index contributed by atoms with van der Waals surface area (Å²) in [6, 6.07) is 10.1. The summed E-state index contributed by atoms with van der Waals surface area (Å²) in [6.07, 6.45) is 4.65. The maximum Gasteiger partial charge on any atom is 0.305 e. The smallest absolute Gasteiger partial charge is 0.305 e. The van der Waals surface area contributed by atoms with Gasteiger partial charge in [-0.05, 0) is 25.3 Å². The minimum Gasteiger partial charge on any atom is -0.466 e. The lowest BCUT2D eigenvalue weighted by atomic mass is 10.1. The summed E-state index contributed by atoms with van der Waals surface area (Å²) in [4.78, 5) is 16.5. The van der Waals surface area contributed by atoms with E-state index in [9.17, 15) is 4.79 Å². The van der Waals surface area contributed by atoms with Crippen molar-refractivity contribution in [3.8, 4) is 0 Å². The number of unbranched alkanes of at least 4 members (excludes halogenated alkanes) is 3. The van der Waals surface area contributed by atoms with E-state index in [0.717, 1.165) is 37.8 Å². The van der Waals surface area contributed by atoms with E-state index in [0.29, 0.717) is 19.6 Å². The van der Waals surface area contributed by atoms with Crippen LogP contribution in [0.2, 0.25) is 0 Å². The van der Waals surface area contributed by atoms with Gasteiger partial charge in [-0.25, -0.2) is 5.48 Å². The molecule has 112 valence electrons. The van der Waals surface area contributed by atoms with E-state index >= 15 is 0 Å². The number of hydrogen-bond donors (Lipinski definition) is 1. The van der Waals surface area contributed by atoms with Gasteiger partial charge in [0.2, 0.25) is 0 Å². The third kappa shape index (κ3) is 8.67.